The molecule has 2 aromatic carbocycles. The number of amides is 1. The van der Waals surface area contributed by atoms with Gasteiger partial charge in [-0.15, -0.1) is 0 Å². The summed E-state index contributed by atoms with van der Waals surface area (Å²) in [5.74, 6) is -0.334. The molecule has 0 aromatic heterocycles. The molecule has 182 valence electrons. The van der Waals surface area contributed by atoms with Crippen molar-refractivity contribution in [2.75, 3.05) is 26.2 Å². The second-order valence-electron chi connectivity index (χ2n) is 9.06. The Hall–Kier alpha value is -2.71. The molecule has 34 heavy (non-hydrogen) atoms. The van der Waals surface area contributed by atoms with Crippen LogP contribution >= 0.6 is 0 Å². The SMILES string of the molecule is O=C(OCC(=O)N1CCC(Cc2ccccc2)CC1)C1CCCCN1S(=O)(=O)c1ccccc1. The predicted octanol–water partition coefficient (Wildman–Crippen LogP) is 3.25. The van der Waals surface area contributed by atoms with E-state index in [0.29, 0.717) is 31.8 Å². The number of hydrogen-bond donors (Lipinski definition) is 0. The number of likely N-dealkylation sites (tertiary alicyclic amines) is 1. The van der Waals surface area contributed by atoms with Gasteiger partial charge in [0.05, 0.1) is 4.90 Å². The first-order valence-electron chi connectivity index (χ1n) is 12.0. The molecule has 2 aromatic rings. The second kappa shape index (κ2) is 11.1. The monoisotopic (exact) mass is 484 g/mol. The van der Waals surface area contributed by atoms with Crippen LogP contribution in [0.2, 0.25) is 0 Å². The van der Waals surface area contributed by atoms with Crippen molar-refractivity contribution < 1.29 is 22.7 Å². The van der Waals surface area contributed by atoms with Gasteiger partial charge in [-0.3, -0.25) is 9.59 Å². The Labute approximate surface area is 201 Å². The number of carbonyl (C=O) groups excluding carboxylic acids is 2. The number of ether oxygens (including phenoxy) is 1. The minimum absolute atomic E-state index is 0.157. The van der Waals surface area contributed by atoms with Crippen molar-refractivity contribution in [3.63, 3.8) is 0 Å². The van der Waals surface area contributed by atoms with E-state index in [1.54, 1.807) is 23.1 Å². The van der Waals surface area contributed by atoms with Crippen molar-refractivity contribution in [1.29, 1.82) is 0 Å². The lowest BCUT2D eigenvalue weighted by Gasteiger charge is -2.34. The van der Waals surface area contributed by atoms with Crippen LogP contribution in [0.1, 0.15) is 37.7 Å². The molecule has 2 fully saturated rings. The van der Waals surface area contributed by atoms with E-state index < -0.39 is 22.0 Å². The maximum Gasteiger partial charge on any atom is 0.324 e. The maximum atomic E-state index is 13.1. The van der Waals surface area contributed by atoms with Crippen LogP contribution in [0.4, 0.5) is 0 Å². The minimum Gasteiger partial charge on any atom is -0.454 e. The Bertz CT molecular complexity index is 1070. The molecule has 0 N–H and O–H groups in total. The Kier molecular flexibility index (Phi) is 8.00. The van der Waals surface area contributed by atoms with Crippen molar-refractivity contribution >= 4 is 21.9 Å². The second-order valence-corrected chi connectivity index (χ2v) is 11.0. The van der Waals surface area contributed by atoms with Gasteiger partial charge >= 0.3 is 5.97 Å². The highest BCUT2D eigenvalue weighted by Crippen LogP contribution is 2.26. The van der Waals surface area contributed by atoms with Crippen molar-refractivity contribution in [1.82, 2.24) is 9.21 Å². The Morgan fingerprint density at radius 3 is 2.18 bits per heavy atom. The molecule has 0 spiro atoms. The molecular weight excluding hydrogens is 452 g/mol. The lowest BCUT2D eigenvalue weighted by molar-refractivity contribution is -0.156. The summed E-state index contributed by atoms with van der Waals surface area (Å²) in [5.41, 5.74) is 1.31. The van der Waals surface area contributed by atoms with E-state index in [0.717, 1.165) is 25.7 Å². The van der Waals surface area contributed by atoms with E-state index in [4.69, 9.17) is 4.74 Å². The normalized spacial score (nSPS) is 20.1. The third kappa shape index (κ3) is 5.85. The summed E-state index contributed by atoms with van der Waals surface area (Å²) < 4.78 is 32.8. The first-order chi connectivity index (χ1) is 16.4. The number of carbonyl (C=O) groups is 2. The van der Waals surface area contributed by atoms with Gasteiger partial charge in [0.2, 0.25) is 10.0 Å². The Balaban J connectivity index is 1.29. The van der Waals surface area contributed by atoms with Crippen LogP contribution < -0.4 is 0 Å². The van der Waals surface area contributed by atoms with Gasteiger partial charge in [-0.25, -0.2) is 8.42 Å². The lowest BCUT2D eigenvalue weighted by Crippen LogP contribution is -2.49. The molecule has 0 bridgehead atoms. The fraction of sp³-hybridized carbons (Fsp3) is 0.462. The first-order valence-corrected chi connectivity index (χ1v) is 13.4. The van der Waals surface area contributed by atoms with Gasteiger partial charge in [-0.1, -0.05) is 48.5 Å². The van der Waals surface area contributed by atoms with E-state index in [1.807, 2.05) is 18.2 Å². The maximum absolute atomic E-state index is 13.1. The molecule has 1 atom stereocenters. The molecule has 7 nitrogen and oxygen atoms in total. The number of sulfonamides is 1. The zero-order valence-electron chi connectivity index (χ0n) is 19.3. The molecule has 1 unspecified atom stereocenters. The van der Waals surface area contributed by atoms with Gasteiger partial charge in [-0.2, -0.15) is 4.31 Å². The van der Waals surface area contributed by atoms with Crippen LogP contribution in [-0.4, -0.2) is 61.8 Å². The van der Waals surface area contributed by atoms with Crippen LogP contribution in [0.25, 0.3) is 0 Å². The van der Waals surface area contributed by atoms with Crippen LogP contribution in [0.3, 0.4) is 0 Å². The zero-order valence-corrected chi connectivity index (χ0v) is 20.2. The molecule has 2 heterocycles. The zero-order chi connectivity index (χ0) is 24.0. The third-order valence-electron chi connectivity index (χ3n) is 6.75. The third-order valence-corrected chi connectivity index (χ3v) is 8.67. The minimum atomic E-state index is -3.81. The summed E-state index contributed by atoms with van der Waals surface area (Å²) in [6.45, 7) is 1.20. The summed E-state index contributed by atoms with van der Waals surface area (Å²) in [5, 5.41) is 0. The first kappa shape index (κ1) is 24.4. The number of benzene rings is 2. The Morgan fingerprint density at radius 1 is 0.853 bits per heavy atom. The molecule has 0 saturated carbocycles. The van der Waals surface area contributed by atoms with E-state index in [1.165, 1.54) is 22.0 Å². The molecule has 8 heteroatoms. The van der Waals surface area contributed by atoms with Gasteiger partial charge in [-0.05, 0) is 62.1 Å². The van der Waals surface area contributed by atoms with E-state index in [9.17, 15) is 18.0 Å². The topological polar surface area (TPSA) is 84.0 Å². The van der Waals surface area contributed by atoms with Crippen LogP contribution in [0.5, 0.6) is 0 Å². The molecule has 1 amide bonds. The fourth-order valence-corrected chi connectivity index (χ4v) is 6.48. The predicted molar refractivity (Wildman–Crippen MR) is 128 cm³/mol. The van der Waals surface area contributed by atoms with E-state index in [2.05, 4.69) is 12.1 Å². The van der Waals surface area contributed by atoms with Crippen molar-refractivity contribution in [2.45, 2.75) is 49.5 Å². The summed E-state index contributed by atoms with van der Waals surface area (Å²) >= 11 is 0. The van der Waals surface area contributed by atoms with Crippen molar-refractivity contribution in [2.24, 2.45) is 5.92 Å². The summed E-state index contributed by atoms with van der Waals surface area (Å²) in [6.07, 6.45) is 4.66. The number of esters is 1. The average molecular weight is 485 g/mol. The highest BCUT2D eigenvalue weighted by atomic mass is 32.2. The average Bonchev–Trinajstić information content (AvgIpc) is 2.88. The van der Waals surface area contributed by atoms with E-state index >= 15 is 0 Å². The molecule has 0 aliphatic carbocycles. The van der Waals surface area contributed by atoms with Gasteiger partial charge in [0.1, 0.15) is 6.04 Å². The molecule has 2 aliphatic rings. The Morgan fingerprint density at radius 2 is 1.50 bits per heavy atom. The van der Waals surface area contributed by atoms with Gasteiger partial charge in [0.25, 0.3) is 5.91 Å². The highest BCUT2D eigenvalue weighted by molar-refractivity contribution is 7.89. The van der Waals surface area contributed by atoms with Crippen LogP contribution in [0, 0.1) is 5.92 Å². The standard InChI is InChI=1S/C26H32N2O5S/c29-25(27-17-14-22(15-18-27)19-21-9-3-1-4-10-21)20-33-26(30)24-13-7-8-16-28(24)34(31,32)23-11-5-2-6-12-23/h1-6,9-12,22,24H,7-8,13-20H2. The molecule has 4 rings (SSSR count). The number of nitrogens with zero attached hydrogens (tertiary/aromatic N) is 2. The number of piperidine rings is 2. The molecule has 0 radical (unpaired) electrons. The highest BCUT2D eigenvalue weighted by Gasteiger charge is 2.39. The van der Waals surface area contributed by atoms with Gasteiger partial charge < -0.3 is 9.64 Å². The van der Waals surface area contributed by atoms with Gasteiger partial charge in [0.15, 0.2) is 6.61 Å². The lowest BCUT2D eigenvalue weighted by atomic mass is 9.90. The summed E-state index contributed by atoms with van der Waals surface area (Å²) in [4.78, 5) is 27.4. The van der Waals surface area contributed by atoms with Crippen LogP contribution in [0.15, 0.2) is 65.6 Å². The smallest absolute Gasteiger partial charge is 0.324 e. The van der Waals surface area contributed by atoms with Crippen molar-refractivity contribution in [3.05, 3.63) is 66.2 Å². The number of hydrogen-bond acceptors (Lipinski definition) is 5. The van der Waals surface area contributed by atoms with Gasteiger partial charge in [0, 0.05) is 19.6 Å². The van der Waals surface area contributed by atoms with Crippen LogP contribution in [-0.2, 0) is 30.8 Å². The molecule has 2 saturated heterocycles. The fourth-order valence-electron chi connectivity index (χ4n) is 4.81. The summed E-state index contributed by atoms with van der Waals surface area (Å²) in [7, 11) is -3.81. The summed E-state index contributed by atoms with van der Waals surface area (Å²) in [6, 6.07) is 17.6. The quantitative estimate of drug-likeness (QED) is 0.564. The largest absolute Gasteiger partial charge is 0.454 e. The molecule has 2 aliphatic heterocycles. The molecular formula is C26H32N2O5S. The van der Waals surface area contributed by atoms with E-state index in [-0.39, 0.29) is 24.0 Å². The number of rotatable bonds is 7. The van der Waals surface area contributed by atoms with Crippen molar-refractivity contribution in [3.8, 4) is 0 Å².